The molecule has 2 N–H and O–H groups in total. The van der Waals surface area contributed by atoms with E-state index in [0.717, 1.165) is 0 Å². The molecule has 0 rings (SSSR count). The zero-order valence-corrected chi connectivity index (χ0v) is 11.6. The standard InChI is InChI=1S/C12H24O8/c13-1-2-16-3-4-17-5-6-18-7-8-19-9-10-20-11-12(14)15/h13H,1-11H2,(H,14,15). The van der Waals surface area contributed by atoms with Crippen molar-refractivity contribution >= 4 is 5.97 Å². The van der Waals surface area contributed by atoms with E-state index < -0.39 is 5.97 Å². The summed E-state index contributed by atoms with van der Waals surface area (Å²) in [7, 11) is 0. The van der Waals surface area contributed by atoms with Gasteiger partial charge >= 0.3 is 5.97 Å². The molecule has 0 atom stereocenters. The number of aliphatic carboxylic acids is 1. The van der Waals surface area contributed by atoms with Gasteiger partial charge in [-0.15, -0.1) is 0 Å². The van der Waals surface area contributed by atoms with Crippen LogP contribution in [0.2, 0.25) is 0 Å². The van der Waals surface area contributed by atoms with Crippen LogP contribution in [0.1, 0.15) is 0 Å². The van der Waals surface area contributed by atoms with Crippen molar-refractivity contribution in [1.29, 1.82) is 0 Å². The van der Waals surface area contributed by atoms with Gasteiger partial charge in [0, 0.05) is 0 Å². The maximum Gasteiger partial charge on any atom is 0.329 e. The van der Waals surface area contributed by atoms with E-state index in [2.05, 4.69) is 0 Å². The molecule has 0 saturated heterocycles. The molecule has 0 bridgehead atoms. The van der Waals surface area contributed by atoms with Crippen LogP contribution in [0.5, 0.6) is 0 Å². The fourth-order valence-corrected chi connectivity index (χ4v) is 1.10. The van der Waals surface area contributed by atoms with E-state index in [1.54, 1.807) is 0 Å². The zero-order valence-electron chi connectivity index (χ0n) is 11.6. The number of rotatable bonds is 16. The summed E-state index contributed by atoms with van der Waals surface area (Å²) < 4.78 is 25.4. The third-order valence-electron chi connectivity index (χ3n) is 1.95. The minimum Gasteiger partial charge on any atom is -0.480 e. The van der Waals surface area contributed by atoms with Crippen LogP contribution in [0.25, 0.3) is 0 Å². The fraction of sp³-hybridized carbons (Fsp3) is 0.917. The smallest absolute Gasteiger partial charge is 0.329 e. The Hall–Kier alpha value is -0.770. The number of carboxylic acids is 1. The topological polar surface area (TPSA) is 104 Å². The molecule has 0 aromatic carbocycles. The summed E-state index contributed by atoms with van der Waals surface area (Å²) in [6.45, 7) is 3.39. The lowest BCUT2D eigenvalue weighted by atomic mass is 10.7. The van der Waals surface area contributed by atoms with Crippen LogP contribution in [0.3, 0.4) is 0 Å². The SMILES string of the molecule is O=C(O)COCCOCCOCCOCCOCCO. The minimum atomic E-state index is -0.991. The first-order valence-corrected chi connectivity index (χ1v) is 6.48. The van der Waals surface area contributed by atoms with Crippen molar-refractivity contribution in [2.45, 2.75) is 0 Å². The Morgan fingerprint density at radius 2 is 1.00 bits per heavy atom. The normalized spacial score (nSPS) is 10.8. The molecule has 0 aromatic rings. The van der Waals surface area contributed by atoms with Crippen molar-refractivity contribution in [1.82, 2.24) is 0 Å². The van der Waals surface area contributed by atoms with Crippen molar-refractivity contribution < 1.29 is 38.7 Å². The molecule has 0 amide bonds. The van der Waals surface area contributed by atoms with Gasteiger partial charge < -0.3 is 33.9 Å². The van der Waals surface area contributed by atoms with Gasteiger partial charge in [-0.2, -0.15) is 0 Å². The molecule has 120 valence electrons. The van der Waals surface area contributed by atoms with Gasteiger partial charge in [0.1, 0.15) is 6.61 Å². The Kier molecular flexibility index (Phi) is 15.7. The summed E-state index contributed by atoms with van der Waals surface area (Å²) in [5, 5.41) is 16.8. The molecule has 20 heavy (non-hydrogen) atoms. The van der Waals surface area contributed by atoms with Crippen molar-refractivity contribution in [3.8, 4) is 0 Å². The molecule has 0 heterocycles. The third-order valence-corrected chi connectivity index (χ3v) is 1.95. The molecule has 0 saturated carbocycles. The van der Waals surface area contributed by atoms with E-state index >= 15 is 0 Å². The second-order valence-corrected chi connectivity index (χ2v) is 3.62. The predicted molar refractivity (Wildman–Crippen MR) is 68.8 cm³/mol. The third kappa shape index (κ3) is 17.2. The highest BCUT2D eigenvalue weighted by atomic mass is 16.6. The van der Waals surface area contributed by atoms with Crippen LogP contribution in [-0.2, 0) is 28.5 Å². The Morgan fingerprint density at radius 3 is 1.35 bits per heavy atom. The first-order chi connectivity index (χ1) is 9.77. The minimum absolute atomic E-state index is 0.0183. The highest BCUT2D eigenvalue weighted by molar-refractivity contribution is 5.67. The van der Waals surface area contributed by atoms with Gasteiger partial charge in [0.25, 0.3) is 0 Å². The van der Waals surface area contributed by atoms with Crippen LogP contribution < -0.4 is 0 Å². The summed E-state index contributed by atoms with van der Waals surface area (Å²) in [6.07, 6.45) is 0. The second kappa shape index (κ2) is 16.3. The highest BCUT2D eigenvalue weighted by Gasteiger charge is 1.96. The Labute approximate surface area is 118 Å². The quantitative estimate of drug-likeness (QED) is 0.355. The molecule has 8 heteroatoms. The van der Waals surface area contributed by atoms with Crippen LogP contribution in [0, 0.1) is 0 Å². The Balaban J connectivity index is 2.94. The molecule has 0 aromatic heterocycles. The van der Waals surface area contributed by atoms with Gasteiger partial charge in [0.2, 0.25) is 0 Å². The van der Waals surface area contributed by atoms with Crippen molar-refractivity contribution in [2.75, 3.05) is 72.7 Å². The maximum atomic E-state index is 10.1. The second-order valence-electron chi connectivity index (χ2n) is 3.62. The molecule has 8 nitrogen and oxygen atoms in total. The molecule has 0 aliphatic rings. The molecule has 0 spiro atoms. The van der Waals surface area contributed by atoms with E-state index in [-0.39, 0.29) is 19.8 Å². The van der Waals surface area contributed by atoms with Crippen molar-refractivity contribution in [3.05, 3.63) is 0 Å². The first kappa shape index (κ1) is 19.2. The summed E-state index contributed by atoms with van der Waals surface area (Å²) in [5.41, 5.74) is 0. The molecular formula is C12H24O8. The monoisotopic (exact) mass is 296 g/mol. The van der Waals surface area contributed by atoms with Crippen LogP contribution >= 0.6 is 0 Å². The number of aliphatic hydroxyl groups is 1. The van der Waals surface area contributed by atoms with E-state index in [1.165, 1.54) is 0 Å². The molecule has 0 unspecified atom stereocenters. The van der Waals surface area contributed by atoms with E-state index in [0.29, 0.717) is 52.9 Å². The summed E-state index contributed by atoms with van der Waals surface area (Å²) in [5.74, 6) is -0.991. The fourth-order valence-electron chi connectivity index (χ4n) is 1.10. The van der Waals surface area contributed by atoms with Gasteiger partial charge in [-0.3, -0.25) is 0 Å². The molecular weight excluding hydrogens is 272 g/mol. The number of hydrogen-bond donors (Lipinski definition) is 2. The Bertz CT molecular complexity index is 212. The lowest BCUT2D eigenvalue weighted by Gasteiger charge is -2.07. The predicted octanol–water partition coefficient (Wildman–Crippen LogP) is -0.854. The van der Waals surface area contributed by atoms with Gasteiger partial charge in [-0.1, -0.05) is 0 Å². The van der Waals surface area contributed by atoms with Crippen molar-refractivity contribution in [2.24, 2.45) is 0 Å². The summed E-state index contributed by atoms with van der Waals surface area (Å²) >= 11 is 0. The van der Waals surface area contributed by atoms with Gasteiger partial charge in [-0.25, -0.2) is 4.79 Å². The number of ether oxygens (including phenoxy) is 5. The molecule has 0 radical (unpaired) electrons. The van der Waals surface area contributed by atoms with E-state index in [4.69, 9.17) is 33.9 Å². The average molecular weight is 296 g/mol. The van der Waals surface area contributed by atoms with Gasteiger partial charge in [-0.05, 0) is 0 Å². The first-order valence-electron chi connectivity index (χ1n) is 6.48. The lowest BCUT2D eigenvalue weighted by molar-refractivity contribution is -0.142. The van der Waals surface area contributed by atoms with Crippen molar-refractivity contribution in [3.63, 3.8) is 0 Å². The number of aliphatic hydroxyl groups excluding tert-OH is 1. The summed E-state index contributed by atoms with van der Waals surface area (Å²) in [4.78, 5) is 10.1. The van der Waals surface area contributed by atoms with Crippen LogP contribution in [0.15, 0.2) is 0 Å². The van der Waals surface area contributed by atoms with E-state index in [1.807, 2.05) is 0 Å². The van der Waals surface area contributed by atoms with Crippen LogP contribution in [-0.4, -0.2) is 88.9 Å². The van der Waals surface area contributed by atoms with E-state index in [9.17, 15) is 4.79 Å². The number of carboxylic acid groups (broad SMARTS) is 1. The highest BCUT2D eigenvalue weighted by Crippen LogP contribution is 1.83. The molecule has 0 fully saturated rings. The molecule has 0 aliphatic carbocycles. The van der Waals surface area contributed by atoms with Gasteiger partial charge in [0.15, 0.2) is 0 Å². The maximum absolute atomic E-state index is 10.1. The molecule has 0 aliphatic heterocycles. The largest absolute Gasteiger partial charge is 0.480 e. The summed E-state index contributed by atoms with van der Waals surface area (Å²) in [6, 6.07) is 0. The Morgan fingerprint density at radius 1 is 0.650 bits per heavy atom. The van der Waals surface area contributed by atoms with Crippen LogP contribution in [0.4, 0.5) is 0 Å². The van der Waals surface area contributed by atoms with Gasteiger partial charge in [0.05, 0.1) is 66.1 Å². The number of hydrogen-bond acceptors (Lipinski definition) is 7. The number of carbonyl (C=O) groups is 1. The lowest BCUT2D eigenvalue weighted by Crippen LogP contribution is -2.14. The zero-order chi connectivity index (χ0) is 14.9. The average Bonchev–Trinajstić information content (AvgIpc) is 2.43.